The van der Waals surface area contributed by atoms with Gasteiger partial charge in [-0.05, 0) is 76.2 Å². The first-order valence-electron chi connectivity index (χ1n) is 10.0. The summed E-state index contributed by atoms with van der Waals surface area (Å²) in [6.07, 6.45) is 2.82. The predicted octanol–water partition coefficient (Wildman–Crippen LogP) is 5.24. The maximum atomic E-state index is 11.5. The SMILES string of the molecule is CCOC(=O)C=C(C)Nc1ccc(Oc2ccc(NC(C)=CC(=O)OCC)cc2)cc1. The van der Waals surface area contributed by atoms with Crippen LogP contribution in [0.5, 0.6) is 11.5 Å². The van der Waals surface area contributed by atoms with Crippen molar-refractivity contribution in [1.29, 1.82) is 0 Å². The number of esters is 2. The molecular formula is C24H28N2O5. The molecule has 0 aliphatic carbocycles. The standard InChI is InChI=1S/C24H28N2O5/c1-5-29-23(27)15-17(3)25-19-7-11-21(12-8-19)31-22-13-9-20(10-14-22)26-18(4)16-24(28)30-6-2/h7-16,25-26H,5-6H2,1-4H3. The lowest BCUT2D eigenvalue weighted by atomic mass is 10.2. The highest BCUT2D eigenvalue weighted by Gasteiger charge is 2.03. The Labute approximate surface area is 182 Å². The maximum absolute atomic E-state index is 11.5. The Hall–Kier alpha value is -3.74. The largest absolute Gasteiger partial charge is 0.463 e. The fourth-order valence-corrected chi connectivity index (χ4v) is 2.60. The van der Waals surface area contributed by atoms with Gasteiger partial charge in [-0.3, -0.25) is 0 Å². The molecule has 0 aromatic heterocycles. The van der Waals surface area contributed by atoms with Crippen molar-refractivity contribution in [3.63, 3.8) is 0 Å². The molecule has 2 aromatic carbocycles. The average molecular weight is 424 g/mol. The monoisotopic (exact) mass is 424 g/mol. The van der Waals surface area contributed by atoms with Gasteiger partial charge in [-0.2, -0.15) is 0 Å². The normalized spacial score (nSPS) is 11.5. The van der Waals surface area contributed by atoms with E-state index in [0.29, 0.717) is 36.1 Å². The van der Waals surface area contributed by atoms with Gasteiger partial charge >= 0.3 is 11.9 Å². The molecule has 31 heavy (non-hydrogen) atoms. The van der Waals surface area contributed by atoms with Crippen molar-refractivity contribution in [1.82, 2.24) is 0 Å². The molecule has 0 radical (unpaired) electrons. The molecule has 0 saturated carbocycles. The van der Waals surface area contributed by atoms with Crippen LogP contribution in [0, 0.1) is 0 Å². The zero-order chi connectivity index (χ0) is 22.6. The third kappa shape index (κ3) is 8.65. The lowest BCUT2D eigenvalue weighted by molar-refractivity contribution is -0.138. The number of hydrogen-bond acceptors (Lipinski definition) is 7. The number of hydrogen-bond donors (Lipinski definition) is 2. The number of carbonyl (C=O) groups is 2. The van der Waals surface area contributed by atoms with Gasteiger partial charge in [0.2, 0.25) is 0 Å². The minimum absolute atomic E-state index is 0.343. The second-order valence-corrected chi connectivity index (χ2v) is 6.56. The molecule has 2 aromatic rings. The van der Waals surface area contributed by atoms with Crippen LogP contribution in [0.3, 0.4) is 0 Å². The number of ether oxygens (including phenoxy) is 3. The zero-order valence-corrected chi connectivity index (χ0v) is 18.2. The van der Waals surface area contributed by atoms with Crippen molar-refractivity contribution in [3.8, 4) is 11.5 Å². The van der Waals surface area contributed by atoms with Crippen LogP contribution >= 0.6 is 0 Å². The van der Waals surface area contributed by atoms with E-state index in [0.717, 1.165) is 11.4 Å². The molecule has 0 aliphatic rings. The number of allylic oxidation sites excluding steroid dienone is 2. The molecular weight excluding hydrogens is 396 g/mol. The van der Waals surface area contributed by atoms with Gasteiger partial charge in [-0.25, -0.2) is 9.59 Å². The van der Waals surface area contributed by atoms with Crippen molar-refractivity contribution in [2.45, 2.75) is 27.7 Å². The summed E-state index contributed by atoms with van der Waals surface area (Å²) in [7, 11) is 0. The quantitative estimate of drug-likeness (QED) is 0.399. The highest BCUT2D eigenvalue weighted by Crippen LogP contribution is 2.25. The lowest BCUT2D eigenvalue weighted by Crippen LogP contribution is -2.04. The molecule has 0 saturated heterocycles. The average Bonchev–Trinajstić information content (AvgIpc) is 2.71. The van der Waals surface area contributed by atoms with E-state index in [1.165, 1.54) is 12.2 Å². The third-order valence-electron chi connectivity index (χ3n) is 3.87. The fraction of sp³-hybridized carbons (Fsp3) is 0.250. The number of benzene rings is 2. The molecule has 0 bridgehead atoms. The van der Waals surface area contributed by atoms with E-state index in [9.17, 15) is 9.59 Å². The van der Waals surface area contributed by atoms with E-state index in [2.05, 4.69) is 10.6 Å². The zero-order valence-electron chi connectivity index (χ0n) is 18.2. The Balaban J connectivity index is 1.92. The van der Waals surface area contributed by atoms with Crippen LogP contribution < -0.4 is 15.4 Å². The van der Waals surface area contributed by atoms with Crippen LogP contribution in [0.15, 0.2) is 72.1 Å². The molecule has 0 aliphatic heterocycles. The van der Waals surface area contributed by atoms with Crippen LogP contribution in [0.4, 0.5) is 11.4 Å². The van der Waals surface area contributed by atoms with Gasteiger partial charge in [0.05, 0.1) is 13.2 Å². The summed E-state index contributed by atoms with van der Waals surface area (Å²) in [4.78, 5) is 22.9. The van der Waals surface area contributed by atoms with E-state index in [4.69, 9.17) is 14.2 Å². The first-order valence-corrected chi connectivity index (χ1v) is 10.0. The van der Waals surface area contributed by atoms with E-state index >= 15 is 0 Å². The molecule has 0 amide bonds. The van der Waals surface area contributed by atoms with E-state index < -0.39 is 0 Å². The Bertz CT molecular complexity index is 854. The number of anilines is 2. The first kappa shape index (κ1) is 23.5. The van der Waals surface area contributed by atoms with Crippen LogP contribution in [-0.2, 0) is 19.1 Å². The van der Waals surface area contributed by atoms with Crippen molar-refractivity contribution in [2.24, 2.45) is 0 Å². The van der Waals surface area contributed by atoms with Crippen LogP contribution in [0.25, 0.3) is 0 Å². The predicted molar refractivity (Wildman–Crippen MR) is 121 cm³/mol. The smallest absolute Gasteiger partial charge is 0.332 e. The molecule has 0 heterocycles. The molecule has 2 N–H and O–H groups in total. The number of carbonyl (C=O) groups excluding carboxylic acids is 2. The van der Waals surface area contributed by atoms with Gasteiger partial charge in [0.1, 0.15) is 11.5 Å². The number of nitrogens with one attached hydrogen (secondary N) is 2. The second-order valence-electron chi connectivity index (χ2n) is 6.56. The summed E-state index contributed by atoms with van der Waals surface area (Å²) < 4.78 is 15.6. The van der Waals surface area contributed by atoms with Crippen LogP contribution in [-0.4, -0.2) is 25.2 Å². The van der Waals surface area contributed by atoms with Crippen molar-refractivity contribution in [3.05, 3.63) is 72.1 Å². The summed E-state index contributed by atoms with van der Waals surface area (Å²) in [5, 5.41) is 6.25. The summed E-state index contributed by atoms with van der Waals surface area (Å²) >= 11 is 0. The second kappa shape index (κ2) is 12.1. The van der Waals surface area contributed by atoms with Crippen LogP contribution in [0.1, 0.15) is 27.7 Å². The highest BCUT2D eigenvalue weighted by atomic mass is 16.5. The summed E-state index contributed by atoms with van der Waals surface area (Å²) in [5.41, 5.74) is 3.02. The van der Waals surface area contributed by atoms with Gasteiger partial charge in [0.15, 0.2) is 0 Å². The molecule has 0 unspecified atom stereocenters. The number of rotatable bonds is 10. The van der Waals surface area contributed by atoms with Crippen molar-refractivity contribution >= 4 is 23.3 Å². The highest BCUT2D eigenvalue weighted by molar-refractivity contribution is 5.83. The Morgan fingerprint density at radius 3 is 1.39 bits per heavy atom. The Kier molecular flexibility index (Phi) is 9.16. The van der Waals surface area contributed by atoms with Gasteiger partial charge in [-0.1, -0.05) is 0 Å². The molecule has 7 heteroatoms. The molecule has 2 rings (SSSR count). The summed E-state index contributed by atoms with van der Waals surface area (Å²) in [6.45, 7) is 7.80. The first-order chi connectivity index (χ1) is 14.9. The molecule has 7 nitrogen and oxygen atoms in total. The van der Waals surface area contributed by atoms with Gasteiger partial charge in [0.25, 0.3) is 0 Å². The molecule has 0 atom stereocenters. The Morgan fingerprint density at radius 1 is 0.710 bits per heavy atom. The molecule has 164 valence electrons. The summed E-state index contributed by atoms with van der Waals surface area (Å²) in [6, 6.07) is 14.8. The third-order valence-corrected chi connectivity index (χ3v) is 3.87. The fourth-order valence-electron chi connectivity index (χ4n) is 2.60. The van der Waals surface area contributed by atoms with Gasteiger partial charge in [-0.15, -0.1) is 0 Å². The van der Waals surface area contributed by atoms with E-state index in [-0.39, 0.29) is 11.9 Å². The van der Waals surface area contributed by atoms with E-state index in [1.807, 2.05) is 48.5 Å². The van der Waals surface area contributed by atoms with E-state index in [1.54, 1.807) is 27.7 Å². The molecule has 0 fully saturated rings. The minimum Gasteiger partial charge on any atom is -0.463 e. The lowest BCUT2D eigenvalue weighted by Gasteiger charge is -2.10. The molecule has 0 spiro atoms. The van der Waals surface area contributed by atoms with Gasteiger partial charge in [0, 0.05) is 34.9 Å². The maximum Gasteiger partial charge on any atom is 0.332 e. The van der Waals surface area contributed by atoms with Crippen molar-refractivity contribution in [2.75, 3.05) is 23.8 Å². The van der Waals surface area contributed by atoms with Crippen LogP contribution in [0.2, 0.25) is 0 Å². The topological polar surface area (TPSA) is 85.9 Å². The van der Waals surface area contributed by atoms with Crippen molar-refractivity contribution < 1.29 is 23.8 Å². The minimum atomic E-state index is -0.378. The Morgan fingerprint density at radius 2 is 1.06 bits per heavy atom. The summed E-state index contributed by atoms with van der Waals surface area (Å²) in [5.74, 6) is 0.599. The van der Waals surface area contributed by atoms with Gasteiger partial charge < -0.3 is 24.8 Å².